The fourth-order valence-electron chi connectivity index (χ4n) is 1.65. The third-order valence-electron chi connectivity index (χ3n) is 2.92. The molecule has 2 unspecified atom stereocenters. The Hall–Kier alpha value is -0.340. The largest absolute Gasteiger partial charge is 0.390 e. The van der Waals surface area contributed by atoms with Crippen molar-refractivity contribution in [1.82, 2.24) is 0 Å². The van der Waals surface area contributed by atoms with Crippen LogP contribution in [0.1, 0.15) is 46.5 Å². The summed E-state index contributed by atoms with van der Waals surface area (Å²) in [5, 5.41) is 19.6. The molecule has 0 amide bonds. The van der Waals surface area contributed by atoms with Crippen LogP contribution >= 0.6 is 0 Å². The van der Waals surface area contributed by atoms with Gasteiger partial charge in [0.15, 0.2) is 0 Å². The first-order valence-electron chi connectivity index (χ1n) is 5.59. The maximum atomic E-state index is 9.83. The van der Waals surface area contributed by atoms with Crippen LogP contribution in [-0.2, 0) is 0 Å². The Bertz CT molecular complexity index is 162. The van der Waals surface area contributed by atoms with Gasteiger partial charge in [0.05, 0.1) is 12.2 Å². The lowest BCUT2D eigenvalue weighted by atomic mass is 9.90. The zero-order valence-corrected chi connectivity index (χ0v) is 9.66. The van der Waals surface area contributed by atoms with E-state index in [1.807, 2.05) is 20.8 Å². The third-order valence-corrected chi connectivity index (χ3v) is 2.92. The van der Waals surface area contributed by atoms with Gasteiger partial charge in [0, 0.05) is 0 Å². The summed E-state index contributed by atoms with van der Waals surface area (Å²) in [6, 6.07) is 0. The second-order valence-corrected chi connectivity index (χ2v) is 3.94. The molecule has 0 heterocycles. The highest BCUT2D eigenvalue weighted by molar-refractivity contribution is 4.96. The van der Waals surface area contributed by atoms with E-state index in [0.29, 0.717) is 6.42 Å². The molecule has 84 valence electrons. The second-order valence-electron chi connectivity index (χ2n) is 3.94. The van der Waals surface area contributed by atoms with Crippen LogP contribution in [0.15, 0.2) is 12.2 Å². The lowest BCUT2D eigenvalue weighted by molar-refractivity contribution is -0.0189. The van der Waals surface area contributed by atoms with E-state index in [1.54, 1.807) is 0 Å². The van der Waals surface area contributed by atoms with Gasteiger partial charge in [0.1, 0.15) is 0 Å². The van der Waals surface area contributed by atoms with Gasteiger partial charge in [-0.25, -0.2) is 0 Å². The number of hydrogen-bond acceptors (Lipinski definition) is 2. The number of hydrogen-bond donors (Lipinski definition) is 2. The molecule has 0 aromatic heterocycles. The van der Waals surface area contributed by atoms with E-state index in [1.165, 1.54) is 0 Å². The van der Waals surface area contributed by atoms with E-state index in [2.05, 4.69) is 6.58 Å². The van der Waals surface area contributed by atoms with E-state index >= 15 is 0 Å². The minimum atomic E-state index is -0.646. The maximum Gasteiger partial charge on any atom is 0.0838 e. The van der Waals surface area contributed by atoms with E-state index in [0.717, 1.165) is 24.8 Å². The highest BCUT2D eigenvalue weighted by atomic mass is 16.3. The van der Waals surface area contributed by atoms with Gasteiger partial charge in [-0.15, -0.1) is 0 Å². The van der Waals surface area contributed by atoms with Gasteiger partial charge in [-0.05, 0) is 18.8 Å². The summed E-state index contributed by atoms with van der Waals surface area (Å²) < 4.78 is 0. The molecule has 0 aliphatic heterocycles. The summed E-state index contributed by atoms with van der Waals surface area (Å²) >= 11 is 0. The predicted molar refractivity (Wildman–Crippen MR) is 60.1 cm³/mol. The van der Waals surface area contributed by atoms with Crippen molar-refractivity contribution >= 4 is 0 Å². The summed E-state index contributed by atoms with van der Waals surface area (Å²) in [5.74, 6) is 0.203. The highest BCUT2D eigenvalue weighted by Gasteiger charge is 2.23. The molecule has 0 saturated heterocycles. The first-order valence-corrected chi connectivity index (χ1v) is 5.59. The van der Waals surface area contributed by atoms with Gasteiger partial charge in [0.25, 0.3) is 0 Å². The maximum absolute atomic E-state index is 9.83. The minimum absolute atomic E-state index is 0.203. The number of aliphatic hydroxyl groups is 2. The molecule has 0 aromatic rings. The number of rotatable bonds is 7. The molecule has 0 spiro atoms. The molecule has 2 heteroatoms. The van der Waals surface area contributed by atoms with Crippen molar-refractivity contribution < 1.29 is 10.2 Å². The molecule has 0 aliphatic carbocycles. The lowest BCUT2D eigenvalue weighted by Gasteiger charge is -2.25. The Balaban J connectivity index is 4.08. The topological polar surface area (TPSA) is 40.5 Å². The summed E-state index contributed by atoms with van der Waals surface area (Å²) in [4.78, 5) is 0. The fourth-order valence-corrected chi connectivity index (χ4v) is 1.65. The van der Waals surface area contributed by atoms with Crippen molar-refractivity contribution in [2.75, 3.05) is 0 Å². The van der Waals surface area contributed by atoms with Crippen molar-refractivity contribution in [3.05, 3.63) is 12.2 Å². The van der Waals surface area contributed by atoms with Gasteiger partial charge in [0.2, 0.25) is 0 Å². The normalized spacial score (nSPS) is 15.6. The highest BCUT2D eigenvalue weighted by Crippen LogP contribution is 2.20. The van der Waals surface area contributed by atoms with Crippen LogP contribution in [0.25, 0.3) is 0 Å². The van der Waals surface area contributed by atoms with Crippen LogP contribution in [0.3, 0.4) is 0 Å². The van der Waals surface area contributed by atoms with Crippen LogP contribution < -0.4 is 0 Å². The van der Waals surface area contributed by atoms with Crippen molar-refractivity contribution in [3.8, 4) is 0 Å². The smallest absolute Gasteiger partial charge is 0.0838 e. The Morgan fingerprint density at radius 2 is 1.64 bits per heavy atom. The first kappa shape index (κ1) is 13.7. The van der Waals surface area contributed by atoms with Crippen LogP contribution in [-0.4, -0.2) is 22.4 Å². The summed E-state index contributed by atoms with van der Waals surface area (Å²) in [6.45, 7) is 9.93. The van der Waals surface area contributed by atoms with Crippen LogP contribution in [0.5, 0.6) is 0 Å². The van der Waals surface area contributed by atoms with Crippen molar-refractivity contribution in [2.45, 2.75) is 58.7 Å². The molecule has 0 saturated carbocycles. The second kappa shape index (κ2) is 7.02. The Morgan fingerprint density at radius 1 is 1.14 bits per heavy atom. The summed E-state index contributed by atoms with van der Waals surface area (Å²) in [7, 11) is 0. The van der Waals surface area contributed by atoms with Gasteiger partial charge < -0.3 is 10.2 Å². The molecule has 2 atom stereocenters. The zero-order chi connectivity index (χ0) is 11.1. The monoisotopic (exact) mass is 200 g/mol. The Morgan fingerprint density at radius 3 is 2.00 bits per heavy atom. The van der Waals surface area contributed by atoms with E-state index in [4.69, 9.17) is 0 Å². The van der Waals surface area contributed by atoms with E-state index in [9.17, 15) is 10.2 Å². The lowest BCUT2D eigenvalue weighted by Crippen LogP contribution is -2.33. The molecular weight excluding hydrogens is 176 g/mol. The Labute approximate surface area is 87.7 Å². The third kappa shape index (κ3) is 4.25. The quantitative estimate of drug-likeness (QED) is 0.620. The average molecular weight is 200 g/mol. The van der Waals surface area contributed by atoms with Crippen molar-refractivity contribution in [3.63, 3.8) is 0 Å². The average Bonchev–Trinajstić information content (AvgIpc) is 2.19. The van der Waals surface area contributed by atoms with Gasteiger partial charge in [-0.3, -0.25) is 0 Å². The molecule has 0 aromatic carbocycles. The molecular formula is C12H24O2. The molecule has 0 rings (SSSR count). The zero-order valence-electron chi connectivity index (χ0n) is 9.66. The van der Waals surface area contributed by atoms with Gasteiger partial charge in [-0.2, -0.15) is 0 Å². The summed E-state index contributed by atoms with van der Waals surface area (Å²) in [6.07, 6.45) is 1.96. The molecule has 0 bridgehead atoms. The van der Waals surface area contributed by atoms with E-state index < -0.39 is 12.2 Å². The SMILES string of the molecule is C=C(CC)CC(O)C(O)C(CC)CC. The van der Waals surface area contributed by atoms with Crippen LogP contribution in [0.2, 0.25) is 0 Å². The minimum Gasteiger partial charge on any atom is -0.390 e. The van der Waals surface area contributed by atoms with Gasteiger partial charge in [-0.1, -0.05) is 45.8 Å². The van der Waals surface area contributed by atoms with Crippen molar-refractivity contribution in [2.24, 2.45) is 5.92 Å². The van der Waals surface area contributed by atoms with Crippen molar-refractivity contribution in [1.29, 1.82) is 0 Å². The van der Waals surface area contributed by atoms with Crippen LogP contribution in [0, 0.1) is 5.92 Å². The number of aliphatic hydroxyl groups excluding tert-OH is 2. The summed E-state index contributed by atoms with van der Waals surface area (Å²) in [5.41, 5.74) is 1.00. The molecule has 0 fully saturated rings. The standard InChI is InChI=1S/C12H24O2/c1-5-9(4)8-11(13)12(14)10(6-2)7-3/h10-14H,4-8H2,1-3H3. The molecule has 0 aliphatic rings. The molecule has 0 radical (unpaired) electrons. The first-order chi connectivity index (χ1) is 6.56. The predicted octanol–water partition coefficient (Wildman–Crippen LogP) is 2.50. The van der Waals surface area contributed by atoms with Gasteiger partial charge >= 0.3 is 0 Å². The fraction of sp³-hybridized carbons (Fsp3) is 0.833. The molecule has 2 nitrogen and oxygen atoms in total. The van der Waals surface area contributed by atoms with Crippen LogP contribution in [0.4, 0.5) is 0 Å². The molecule has 2 N–H and O–H groups in total. The van der Waals surface area contributed by atoms with E-state index in [-0.39, 0.29) is 5.92 Å². The Kier molecular flexibility index (Phi) is 6.85. The molecule has 14 heavy (non-hydrogen) atoms.